The smallest absolute Gasteiger partial charge is 0.423 e. The minimum absolute atomic E-state index is 0.0769. The van der Waals surface area contributed by atoms with E-state index >= 15 is 0 Å². The highest BCUT2D eigenvalue weighted by molar-refractivity contribution is 6.58. The first-order chi connectivity index (χ1) is 12.0. The monoisotopic (exact) mass is 356 g/mol. The minimum atomic E-state index is -1.44. The van der Waals surface area contributed by atoms with Crippen LogP contribution in [0.15, 0.2) is 36.4 Å². The van der Waals surface area contributed by atoms with Crippen LogP contribution in [0, 0.1) is 0 Å². The predicted octanol–water partition coefficient (Wildman–Crippen LogP) is 4.67. The molecule has 3 rings (SSSR count). The van der Waals surface area contributed by atoms with E-state index in [1.807, 2.05) is 24.3 Å². The zero-order chi connectivity index (χ0) is 18.0. The van der Waals surface area contributed by atoms with Gasteiger partial charge in [-0.15, -0.1) is 0 Å². The third-order valence-electron chi connectivity index (χ3n) is 5.56. The molecule has 0 aliphatic heterocycles. The molecule has 0 aromatic heterocycles. The number of fused-ring (bicyclic) bond motifs is 3. The fourth-order valence-electron chi connectivity index (χ4n) is 4.27. The SMILES string of the molecule is CCCCC1(CCCC)c2cc(Cl)ccc2-c2ccc(B(O)O)cc21. The van der Waals surface area contributed by atoms with E-state index in [1.54, 1.807) is 0 Å². The number of unbranched alkanes of at least 4 members (excludes halogenated alkanes) is 2. The molecule has 1 aliphatic carbocycles. The Morgan fingerprint density at radius 1 is 0.880 bits per heavy atom. The van der Waals surface area contributed by atoms with E-state index in [0.29, 0.717) is 5.46 Å². The van der Waals surface area contributed by atoms with E-state index in [0.717, 1.165) is 43.5 Å². The molecule has 2 aromatic rings. The Balaban J connectivity index is 2.23. The van der Waals surface area contributed by atoms with Gasteiger partial charge in [0.15, 0.2) is 0 Å². The molecule has 0 fully saturated rings. The number of hydrogen-bond acceptors (Lipinski definition) is 2. The van der Waals surface area contributed by atoms with Crippen LogP contribution in [-0.2, 0) is 5.41 Å². The number of halogens is 1. The molecular formula is C21H26BClO2. The lowest BCUT2D eigenvalue weighted by atomic mass is 9.69. The summed E-state index contributed by atoms with van der Waals surface area (Å²) in [4.78, 5) is 0. The van der Waals surface area contributed by atoms with Crippen LogP contribution in [0.4, 0.5) is 0 Å². The Morgan fingerprint density at radius 3 is 2.00 bits per heavy atom. The normalized spacial score (nSPS) is 14.3. The summed E-state index contributed by atoms with van der Waals surface area (Å²) < 4.78 is 0. The summed E-state index contributed by atoms with van der Waals surface area (Å²) in [5, 5.41) is 20.1. The summed E-state index contributed by atoms with van der Waals surface area (Å²) in [7, 11) is -1.44. The third-order valence-corrected chi connectivity index (χ3v) is 5.79. The van der Waals surface area contributed by atoms with E-state index in [4.69, 9.17) is 11.6 Å². The van der Waals surface area contributed by atoms with Crippen LogP contribution >= 0.6 is 11.6 Å². The van der Waals surface area contributed by atoms with Gasteiger partial charge in [0.25, 0.3) is 0 Å². The second kappa shape index (κ2) is 7.53. The highest BCUT2D eigenvalue weighted by Crippen LogP contribution is 2.54. The van der Waals surface area contributed by atoms with Gasteiger partial charge in [-0.05, 0) is 52.7 Å². The maximum atomic E-state index is 9.67. The molecular weight excluding hydrogens is 330 g/mol. The molecule has 25 heavy (non-hydrogen) atoms. The quantitative estimate of drug-likeness (QED) is 0.708. The zero-order valence-electron chi connectivity index (χ0n) is 15.1. The molecule has 2 nitrogen and oxygen atoms in total. The Bertz CT molecular complexity index is 750. The Labute approximate surface area is 156 Å². The van der Waals surface area contributed by atoms with Crippen LogP contribution in [0.1, 0.15) is 63.5 Å². The van der Waals surface area contributed by atoms with Gasteiger partial charge in [-0.1, -0.05) is 75.4 Å². The van der Waals surface area contributed by atoms with Gasteiger partial charge in [0.05, 0.1) is 0 Å². The zero-order valence-corrected chi connectivity index (χ0v) is 15.8. The first-order valence-corrected chi connectivity index (χ1v) is 9.72. The van der Waals surface area contributed by atoms with Gasteiger partial charge < -0.3 is 10.0 Å². The summed E-state index contributed by atoms with van der Waals surface area (Å²) >= 11 is 6.36. The molecule has 0 saturated carbocycles. The lowest BCUT2D eigenvalue weighted by Gasteiger charge is -2.33. The van der Waals surface area contributed by atoms with E-state index in [2.05, 4.69) is 26.0 Å². The molecule has 1 aliphatic rings. The van der Waals surface area contributed by atoms with Crippen LogP contribution < -0.4 is 5.46 Å². The van der Waals surface area contributed by atoms with Crippen molar-refractivity contribution < 1.29 is 10.0 Å². The predicted molar refractivity (Wildman–Crippen MR) is 107 cm³/mol. The molecule has 0 bridgehead atoms. The van der Waals surface area contributed by atoms with Gasteiger partial charge >= 0.3 is 7.12 Å². The maximum absolute atomic E-state index is 9.67. The molecule has 0 heterocycles. The second-order valence-electron chi connectivity index (χ2n) is 7.16. The highest BCUT2D eigenvalue weighted by atomic mass is 35.5. The Kier molecular flexibility index (Phi) is 5.57. The van der Waals surface area contributed by atoms with Crippen LogP contribution in [-0.4, -0.2) is 17.2 Å². The van der Waals surface area contributed by atoms with Crippen molar-refractivity contribution in [2.45, 2.75) is 57.8 Å². The molecule has 0 radical (unpaired) electrons. The molecule has 0 spiro atoms. The van der Waals surface area contributed by atoms with Crippen molar-refractivity contribution in [1.29, 1.82) is 0 Å². The minimum Gasteiger partial charge on any atom is -0.423 e. The molecule has 132 valence electrons. The number of benzene rings is 2. The van der Waals surface area contributed by atoms with Gasteiger partial charge in [0, 0.05) is 10.4 Å². The van der Waals surface area contributed by atoms with Gasteiger partial charge in [0.1, 0.15) is 0 Å². The van der Waals surface area contributed by atoms with Crippen molar-refractivity contribution in [2.24, 2.45) is 0 Å². The van der Waals surface area contributed by atoms with Gasteiger partial charge in [0.2, 0.25) is 0 Å². The maximum Gasteiger partial charge on any atom is 0.488 e. The fourth-order valence-corrected chi connectivity index (χ4v) is 4.44. The van der Waals surface area contributed by atoms with Crippen molar-refractivity contribution in [1.82, 2.24) is 0 Å². The van der Waals surface area contributed by atoms with Crippen molar-refractivity contribution in [3.63, 3.8) is 0 Å². The Hall–Kier alpha value is -1.29. The molecule has 4 heteroatoms. The summed E-state index contributed by atoms with van der Waals surface area (Å²) in [5.41, 5.74) is 5.48. The van der Waals surface area contributed by atoms with Gasteiger partial charge in [-0.2, -0.15) is 0 Å². The first-order valence-electron chi connectivity index (χ1n) is 9.34. The number of rotatable bonds is 7. The number of hydrogen-bond donors (Lipinski definition) is 2. The molecule has 0 unspecified atom stereocenters. The van der Waals surface area contributed by atoms with Crippen molar-refractivity contribution in [3.05, 3.63) is 52.5 Å². The first kappa shape index (κ1) is 18.5. The third kappa shape index (κ3) is 3.26. The highest BCUT2D eigenvalue weighted by Gasteiger charge is 2.42. The summed E-state index contributed by atoms with van der Waals surface area (Å²) in [6.07, 6.45) is 6.69. The van der Waals surface area contributed by atoms with Crippen molar-refractivity contribution in [3.8, 4) is 11.1 Å². The van der Waals surface area contributed by atoms with Crippen LogP contribution in [0.25, 0.3) is 11.1 Å². The van der Waals surface area contributed by atoms with Gasteiger partial charge in [-0.3, -0.25) is 0 Å². The average Bonchev–Trinajstić information content (AvgIpc) is 2.87. The van der Waals surface area contributed by atoms with Crippen LogP contribution in [0.2, 0.25) is 5.02 Å². The molecule has 0 atom stereocenters. The standard InChI is InChI=1S/C21H26BClO2/c1-3-5-11-21(12-6-4-2)19-13-15(22(24)25)7-9-17(19)18-10-8-16(23)14-20(18)21/h7-10,13-14,24-25H,3-6,11-12H2,1-2H3. The Morgan fingerprint density at radius 2 is 1.44 bits per heavy atom. The lowest BCUT2D eigenvalue weighted by Crippen LogP contribution is -2.32. The van der Waals surface area contributed by atoms with E-state index in [1.165, 1.54) is 22.3 Å². The van der Waals surface area contributed by atoms with Gasteiger partial charge in [-0.25, -0.2) is 0 Å². The average molecular weight is 357 g/mol. The largest absolute Gasteiger partial charge is 0.488 e. The van der Waals surface area contributed by atoms with E-state index < -0.39 is 7.12 Å². The second-order valence-corrected chi connectivity index (χ2v) is 7.59. The summed E-state index contributed by atoms with van der Waals surface area (Å²) in [6, 6.07) is 12.0. The van der Waals surface area contributed by atoms with E-state index in [9.17, 15) is 10.0 Å². The lowest BCUT2D eigenvalue weighted by molar-refractivity contribution is 0.413. The topological polar surface area (TPSA) is 40.5 Å². The fraction of sp³-hybridized carbons (Fsp3) is 0.429. The molecule has 0 amide bonds. The molecule has 2 aromatic carbocycles. The summed E-state index contributed by atoms with van der Waals surface area (Å²) in [6.45, 7) is 4.44. The van der Waals surface area contributed by atoms with E-state index in [-0.39, 0.29) is 5.41 Å². The molecule has 0 saturated heterocycles. The van der Waals surface area contributed by atoms with Crippen molar-refractivity contribution in [2.75, 3.05) is 0 Å². The summed E-state index contributed by atoms with van der Waals surface area (Å²) in [5.74, 6) is 0. The van der Waals surface area contributed by atoms with Crippen molar-refractivity contribution >= 4 is 24.2 Å². The van der Waals surface area contributed by atoms with Crippen LogP contribution in [0.3, 0.4) is 0 Å². The van der Waals surface area contributed by atoms with Crippen LogP contribution in [0.5, 0.6) is 0 Å². The molecule has 2 N–H and O–H groups in total.